The summed E-state index contributed by atoms with van der Waals surface area (Å²) in [4.78, 5) is 4.22. The summed E-state index contributed by atoms with van der Waals surface area (Å²) in [6.45, 7) is 5.29. The lowest BCUT2D eigenvalue weighted by atomic mass is 10.1. The fourth-order valence-electron chi connectivity index (χ4n) is 2.39. The third kappa shape index (κ3) is 1.16. The van der Waals surface area contributed by atoms with Crippen LogP contribution in [0.1, 0.15) is 12.5 Å². The second-order valence-electron chi connectivity index (χ2n) is 4.16. The van der Waals surface area contributed by atoms with Gasteiger partial charge in [0.05, 0.1) is 11.7 Å². The highest BCUT2D eigenvalue weighted by molar-refractivity contribution is 6.07. The zero-order valence-corrected chi connectivity index (χ0v) is 9.57. The predicted octanol–water partition coefficient (Wildman–Crippen LogP) is 3.52. The van der Waals surface area contributed by atoms with Crippen LogP contribution in [0.2, 0.25) is 0 Å². The Morgan fingerprint density at radius 3 is 2.75 bits per heavy atom. The van der Waals surface area contributed by atoms with E-state index in [4.69, 9.17) is 0 Å². The minimum atomic E-state index is 0.981. The number of fused-ring (bicyclic) bond motifs is 3. The normalized spacial score (nSPS) is 11.4. The van der Waals surface area contributed by atoms with Gasteiger partial charge in [-0.15, -0.1) is 0 Å². The van der Waals surface area contributed by atoms with Crippen LogP contribution in [-0.2, 0) is 6.54 Å². The van der Waals surface area contributed by atoms with Crippen molar-refractivity contribution in [1.29, 1.82) is 0 Å². The van der Waals surface area contributed by atoms with E-state index in [-0.39, 0.29) is 0 Å². The first kappa shape index (κ1) is 9.40. The summed E-state index contributed by atoms with van der Waals surface area (Å²) in [5.41, 5.74) is 3.84. The van der Waals surface area contributed by atoms with Crippen LogP contribution in [0.15, 0.2) is 36.7 Å². The quantitative estimate of drug-likeness (QED) is 0.601. The number of hydrogen-bond acceptors (Lipinski definition) is 1. The minimum absolute atomic E-state index is 0.981. The summed E-state index contributed by atoms with van der Waals surface area (Å²) in [6.07, 6.45) is 3.82. The molecule has 3 rings (SSSR count). The number of rotatable bonds is 1. The van der Waals surface area contributed by atoms with Gasteiger partial charge in [0.2, 0.25) is 0 Å². The number of nitrogens with zero attached hydrogens (tertiary/aromatic N) is 2. The van der Waals surface area contributed by atoms with Crippen molar-refractivity contribution < 1.29 is 0 Å². The van der Waals surface area contributed by atoms with Crippen LogP contribution >= 0.6 is 0 Å². The maximum absolute atomic E-state index is 4.22. The van der Waals surface area contributed by atoms with E-state index in [0.29, 0.717) is 0 Å². The topological polar surface area (TPSA) is 17.8 Å². The highest BCUT2D eigenvalue weighted by Crippen LogP contribution is 2.28. The standard InChI is InChI=1S/C14H14N2/c1-3-16-13-8-10(2)4-5-11(13)12-6-7-15-9-14(12)16/h4-9H,3H2,1-2H3. The van der Waals surface area contributed by atoms with Crippen LogP contribution < -0.4 is 0 Å². The van der Waals surface area contributed by atoms with Gasteiger partial charge >= 0.3 is 0 Å². The van der Waals surface area contributed by atoms with Gasteiger partial charge in [-0.25, -0.2) is 0 Å². The van der Waals surface area contributed by atoms with E-state index >= 15 is 0 Å². The van der Waals surface area contributed by atoms with E-state index < -0.39 is 0 Å². The molecule has 3 aromatic rings. The first-order chi connectivity index (χ1) is 7.81. The second kappa shape index (κ2) is 3.34. The summed E-state index contributed by atoms with van der Waals surface area (Å²) >= 11 is 0. The van der Waals surface area contributed by atoms with Crippen LogP contribution in [0, 0.1) is 6.92 Å². The first-order valence-corrected chi connectivity index (χ1v) is 5.64. The molecule has 0 saturated carbocycles. The van der Waals surface area contributed by atoms with Crippen molar-refractivity contribution >= 4 is 21.8 Å². The van der Waals surface area contributed by atoms with Crippen molar-refractivity contribution in [3.8, 4) is 0 Å². The van der Waals surface area contributed by atoms with Crippen LogP contribution in [-0.4, -0.2) is 9.55 Å². The number of benzene rings is 1. The zero-order valence-electron chi connectivity index (χ0n) is 9.57. The van der Waals surface area contributed by atoms with Crippen molar-refractivity contribution in [1.82, 2.24) is 9.55 Å². The van der Waals surface area contributed by atoms with E-state index in [1.165, 1.54) is 27.4 Å². The van der Waals surface area contributed by atoms with E-state index in [1.54, 1.807) is 0 Å². The van der Waals surface area contributed by atoms with Crippen LogP contribution in [0.5, 0.6) is 0 Å². The molecule has 16 heavy (non-hydrogen) atoms. The minimum Gasteiger partial charge on any atom is -0.339 e. The lowest BCUT2D eigenvalue weighted by Crippen LogP contribution is -1.93. The van der Waals surface area contributed by atoms with Crippen molar-refractivity contribution in [2.45, 2.75) is 20.4 Å². The van der Waals surface area contributed by atoms with E-state index in [1.807, 2.05) is 12.4 Å². The van der Waals surface area contributed by atoms with Crippen molar-refractivity contribution in [3.63, 3.8) is 0 Å². The SMILES string of the molecule is CCn1c2cnccc2c2ccc(C)cc21. The van der Waals surface area contributed by atoms with E-state index in [9.17, 15) is 0 Å². The summed E-state index contributed by atoms with van der Waals surface area (Å²) < 4.78 is 2.32. The molecule has 2 nitrogen and oxygen atoms in total. The average molecular weight is 210 g/mol. The van der Waals surface area contributed by atoms with E-state index in [0.717, 1.165) is 6.54 Å². The third-order valence-electron chi connectivity index (χ3n) is 3.14. The van der Waals surface area contributed by atoms with E-state index in [2.05, 4.69) is 47.7 Å². The molecule has 0 saturated heterocycles. The molecule has 0 bridgehead atoms. The van der Waals surface area contributed by atoms with Crippen LogP contribution in [0.25, 0.3) is 21.8 Å². The molecular weight excluding hydrogens is 196 g/mol. The number of aromatic nitrogens is 2. The monoisotopic (exact) mass is 210 g/mol. The molecule has 0 N–H and O–H groups in total. The molecule has 2 aromatic heterocycles. The highest BCUT2D eigenvalue weighted by Gasteiger charge is 2.08. The second-order valence-corrected chi connectivity index (χ2v) is 4.16. The Labute approximate surface area is 94.5 Å². The van der Waals surface area contributed by atoms with Crippen LogP contribution in [0.4, 0.5) is 0 Å². The molecule has 0 spiro atoms. The molecule has 2 heterocycles. The van der Waals surface area contributed by atoms with Gasteiger partial charge in [0.1, 0.15) is 0 Å². The molecule has 0 aliphatic heterocycles. The van der Waals surface area contributed by atoms with Gasteiger partial charge < -0.3 is 4.57 Å². The smallest absolute Gasteiger partial charge is 0.0677 e. The van der Waals surface area contributed by atoms with Crippen molar-refractivity contribution in [3.05, 3.63) is 42.2 Å². The Morgan fingerprint density at radius 1 is 1.12 bits per heavy atom. The van der Waals surface area contributed by atoms with Gasteiger partial charge in [-0.1, -0.05) is 12.1 Å². The Hall–Kier alpha value is -1.83. The third-order valence-corrected chi connectivity index (χ3v) is 3.14. The van der Waals surface area contributed by atoms with Gasteiger partial charge in [-0.05, 0) is 31.5 Å². The fraction of sp³-hybridized carbons (Fsp3) is 0.214. The van der Waals surface area contributed by atoms with Gasteiger partial charge in [-0.2, -0.15) is 0 Å². The molecule has 0 aliphatic carbocycles. The number of hydrogen-bond donors (Lipinski definition) is 0. The molecular formula is C14H14N2. The summed E-state index contributed by atoms with van der Waals surface area (Å²) in [5, 5.41) is 2.62. The largest absolute Gasteiger partial charge is 0.339 e. The Kier molecular flexibility index (Phi) is 1.96. The maximum Gasteiger partial charge on any atom is 0.0677 e. The maximum atomic E-state index is 4.22. The molecule has 0 amide bonds. The first-order valence-electron chi connectivity index (χ1n) is 5.64. The molecule has 0 atom stereocenters. The Balaban J connectivity index is 2.58. The summed E-state index contributed by atoms with van der Waals surface area (Å²) in [5.74, 6) is 0. The molecule has 2 heteroatoms. The lowest BCUT2D eigenvalue weighted by Gasteiger charge is -2.02. The lowest BCUT2D eigenvalue weighted by molar-refractivity contribution is 0.825. The Morgan fingerprint density at radius 2 is 1.94 bits per heavy atom. The molecule has 0 fully saturated rings. The Bertz CT molecular complexity index is 665. The highest BCUT2D eigenvalue weighted by atomic mass is 15.0. The van der Waals surface area contributed by atoms with Gasteiger partial charge in [0, 0.05) is 29.0 Å². The summed E-state index contributed by atoms with van der Waals surface area (Å²) in [6, 6.07) is 8.72. The van der Waals surface area contributed by atoms with Crippen molar-refractivity contribution in [2.75, 3.05) is 0 Å². The van der Waals surface area contributed by atoms with Gasteiger partial charge in [0.15, 0.2) is 0 Å². The average Bonchev–Trinajstić information content (AvgIpc) is 2.61. The van der Waals surface area contributed by atoms with Gasteiger partial charge in [0.25, 0.3) is 0 Å². The summed E-state index contributed by atoms with van der Waals surface area (Å²) in [7, 11) is 0. The number of aryl methyl sites for hydroxylation is 2. The van der Waals surface area contributed by atoms with Crippen molar-refractivity contribution in [2.24, 2.45) is 0 Å². The molecule has 0 radical (unpaired) electrons. The number of pyridine rings is 1. The fourth-order valence-corrected chi connectivity index (χ4v) is 2.39. The van der Waals surface area contributed by atoms with Crippen LogP contribution in [0.3, 0.4) is 0 Å². The zero-order chi connectivity index (χ0) is 11.1. The molecule has 0 unspecified atom stereocenters. The predicted molar refractivity (Wildman–Crippen MR) is 67.7 cm³/mol. The van der Waals surface area contributed by atoms with Gasteiger partial charge in [-0.3, -0.25) is 4.98 Å². The molecule has 0 aliphatic rings. The molecule has 1 aromatic carbocycles. The molecule has 80 valence electrons.